The lowest BCUT2D eigenvalue weighted by molar-refractivity contribution is -0.140. The average Bonchev–Trinajstić information content (AvgIpc) is 2.73. The van der Waals surface area contributed by atoms with E-state index in [0.29, 0.717) is 6.54 Å². The number of aliphatic carboxylic acids is 1. The summed E-state index contributed by atoms with van der Waals surface area (Å²) in [7, 11) is 2.99. The van der Waals surface area contributed by atoms with Crippen LogP contribution in [-0.4, -0.2) is 48.8 Å². The molecule has 1 aromatic heterocycles. The van der Waals surface area contributed by atoms with Gasteiger partial charge in [0.15, 0.2) is 6.04 Å². The Morgan fingerprint density at radius 1 is 1.63 bits per heavy atom. The molecule has 0 radical (unpaired) electrons. The molecule has 1 rings (SSSR count). The van der Waals surface area contributed by atoms with E-state index in [1.807, 2.05) is 11.4 Å². The normalized spacial score (nSPS) is 11.9. The number of carboxylic acids is 1. The zero-order chi connectivity index (χ0) is 14.4. The summed E-state index contributed by atoms with van der Waals surface area (Å²) in [6.45, 7) is 0.339. The third-order valence-corrected chi connectivity index (χ3v) is 3.87. The van der Waals surface area contributed by atoms with E-state index in [1.165, 1.54) is 23.3 Å². The molecule has 0 fully saturated rings. The van der Waals surface area contributed by atoms with Gasteiger partial charge in [-0.3, -0.25) is 0 Å². The molecule has 2 amide bonds. The Bertz CT molecular complexity index is 452. The van der Waals surface area contributed by atoms with Crippen LogP contribution in [-0.2, 0) is 16.1 Å². The van der Waals surface area contributed by atoms with Crippen molar-refractivity contribution < 1.29 is 19.4 Å². The average molecular weight is 351 g/mol. The molecule has 0 spiro atoms. The Morgan fingerprint density at radius 2 is 2.32 bits per heavy atom. The summed E-state index contributed by atoms with van der Waals surface area (Å²) in [6.07, 6.45) is 0. The monoisotopic (exact) mass is 350 g/mol. The van der Waals surface area contributed by atoms with Crippen molar-refractivity contribution >= 4 is 39.3 Å². The highest BCUT2D eigenvalue weighted by molar-refractivity contribution is 9.11. The summed E-state index contributed by atoms with van der Waals surface area (Å²) >= 11 is 4.87. The fraction of sp³-hybridized carbons (Fsp3) is 0.455. The van der Waals surface area contributed by atoms with Crippen LogP contribution in [0.3, 0.4) is 0 Å². The van der Waals surface area contributed by atoms with Crippen molar-refractivity contribution in [1.82, 2.24) is 10.2 Å². The summed E-state index contributed by atoms with van der Waals surface area (Å²) in [4.78, 5) is 24.1. The van der Waals surface area contributed by atoms with Crippen LogP contribution in [0.25, 0.3) is 0 Å². The number of carbonyl (C=O) groups excluding carboxylic acids is 1. The molecule has 0 aliphatic rings. The highest BCUT2D eigenvalue weighted by atomic mass is 79.9. The SMILES string of the molecule is COCC(NC(=O)N(C)Cc1csc(Br)c1)C(=O)O. The Kier molecular flexibility index (Phi) is 6.26. The number of amides is 2. The Hall–Kier alpha value is -1.12. The molecule has 1 aromatic rings. The van der Waals surface area contributed by atoms with Gasteiger partial charge >= 0.3 is 12.0 Å². The maximum atomic E-state index is 11.8. The number of rotatable bonds is 6. The standard InChI is InChI=1S/C11H15BrN2O4S/c1-14(4-7-3-9(12)19-6-7)11(17)13-8(5-18-2)10(15)16/h3,6,8H,4-5H2,1-2H3,(H,13,17)(H,15,16). The van der Waals surface area contributed by atoms with Gasteiger partial charge in [-0.15, -0.1) is 11.3 Å². The first kappa shape index (κ1) is 15.9. The summed E-state index contributed by atoms with van der Waals surface area (Å²) in [6, 6.07) is 0.416. The van der Waals surface area contributed by atoms with E-state index >= 15 is 0 Å². The van der Waals surface area contributed by atoms with E-state index < -0.39 is 18.0 Å². The summed E-state index contributed by atoms with van der Waals surface area (Å²) in [5.74, 6) is -1.12. The minimum Gasteiger partial charge on any atom is -0.480 e. The van der Waals surface area contributed by atoms with E-state index in [-0.39, 0.29) is 6.61 Å². The summed E-state index contributed by atoms with van der Waals surface area (Å²) < 4.78 is 5.73. The molecule has 0 saturated heterocycles. The van der Waals surface area contributed by atoms with E-state index in [4.69, 9.17) is 9.84 Å². The van der Waals surface area contributed by atoms with Gasteiger partial charge in [-0.05, 0) is 32.9 Å². The van der Waals surface area contributed by atoms with Crippen LogP contribution >= 0.6 is 27.3 Å². The number of hydrogen-bond acceptors (Lipinski definition) is 4. The zero-order valence-corrected chi connectivity index (χ0v) is 13.0. The van der Waals surface area contributed by atoms with Gasteiger partial charge in [0.2, 0.25) is 0 Å². The Labute approximate surface area is 123 Å². The molecule has 1 atom stereocenters. The smallest absolute Gasteiger partial charge is 0.328 e. The number of methoxy groups -OCH3 is 1. The topological polar surface area (TPSA) is 78.9 Å². The van der Waals surface area contributed by atoms with E-state index in [2.05, 4.69) is 21.2 Å². The van der Waals surface area contributed by atoms with Crippen LogP contribution in [0.1, 0.15) is 5.56 Å². The van der Waals surface area contributed by atoms with Crippen molar-refractivity contribution in [3.63, 3.8) is 0 Å². The van der Waals surface area contributed by atoms with E-state index in [1.54, 1.807) is 7.05 Å². The number of urea groups is 1. The van der Waals surface area contributed by atoms with E-state index in [9.17, 15) is 9.59 Å². The number of carboxylic acid groups (broad SMARTS) is 1. The molecule has 0 saturated carbocycles. The summed E-state index contributed by atoms with van der Waals surface area (Å²) in [5, 5.41) is 13.2. The molecular weight excluding hydrogens is 336 g/mol. The lowest BCUT2D eigenvalue weighted by Crippen LogP contribution is -2.48. The molecule has 0 aliphatic carbocycles. The van der Waals surface area contributed by atoms with Gasteiger partial charge < -0.3 is 20.1 Å². The number of ether oxygens (including phenoxy) is 1. The lowest BCUT2D eigenvalue weighted by atomic mass is 10.3. The minimum atomic E-state index is -1.12. The van der Waals surface area contributed by atoms with Gasteiger partial charge in [0.05, 0.1) is 10.4 Å². The highest BCUT2D eigenvalue weighted by Crippen LogP contribution is 2.21. The van der Waals surface area contributed by atoms with Crippen molar-refractivity contribution in [3.8, 4) is 0 Å². The quantitative estimate of drug-likeness (QED) is 0.819. The summed E-state index contributed by atoms with van der Waals surface area (Å²) in [5.41, 5.74) is 0.980. The first-order chi connectivity index (χ1) is 8.93. The van der Waals surface area contributed by atoms with Crippen molar-refractivity contribution in [3.05, 3.63) is 20.8 Å². The molecule has 8 heteroatoms. The molecule has 19 heavy (non-hydrogen) atoms. The van der Waals surface area contributed by atoms with Crippen LogP contribution in [0.5, 0.6) is 0 Å². The first-order valence-corrected chi connectivity index (χ1v) is 7.07. The van der Waals surface area contributed by atoms with Crippen LogP contribution in [0.15, 0.2) is 15.2 Å². The molecule has 1 unspecified atom stereocenters. The van der Waals surface area contributed by atoms with Crippen molar-refractivity contribution in [2.75, 3.05) is 20.8 Å². The number of thiophene rings is 1. The molecular formula is C11H15BrN2O4S. The lowest BCUT2D eigenvalue weighted by Gasteiger charge is -2.20. The third-order valence-electron chi connectivity index (χ3n) is 2.32. The predicted octanol–water partition coefficient (Wildman–Crippen LogP) is 1.75. The molecule has 2 N–H and O–H groups in total. The fourth-order valence-corrected chi connectivity index (χ4v) is 2.58. The van der Waals surface area contributed by atoms with Gasteiger partial charge in [0.1, 0.15) is 0 Å². The van der Waals surface area contributed by atoms with E-state index in [0.717, 1.165) is 9.35 Å². The van der Waals surface area contributed by atoms with Crippen LogP contribution in [0.2, 0.25) is 0 Å². The largest absolute Gasteiger partial charge is 0.480 e. The molecule has 1 heterocycles. The first-order valence-electron chi connectivity index (χ1n) is 5.40. The third kappa shape index (κ3) is 5.17. The highest BCUT2D eigenvalue weighted by Gasteiger charge is 2.21. The van der Waals surface area contributed by atoms with Crippen LogP contribution in [0, 0.1) is 0 Å². The van der Waals surface area contributed by atoms with Crippen LogP contribution in [0.4, 0.5) is 4.79 Å². The number of halogens is 1. The number of hydrogen-bond donors (Lipinski definition) is 2. The van der Waals surface area contributed by atoms with Gasteiger partial charge in [-0.2, -0.15) is 0 Å². The molecule has 0 aliphatic heterocycles. The van der Waals surface area contributed by atoms with Crippen LogP contribution < -0.4 is 5.32 Å². The minimum absolute atomic E-state index is 0.0705. The van der Waals surface area contributed by atoms with Gasteiger partial charge in [0, 0.05) is 20.7 Å². The second-order valence-electron chi connectivity index (χ2n) is 3.91. The fourth-order valence-electron chi connectivity index (χ4n) is 1.37. The number of nitrogens with one attached hydrogen (secondary N) is 1. The molecule has 0 bridgehead atoms. The second-order valence-corrected chi connectivity index (χ2v) is 6.20. The molecule has 6 nitrogen and oxygen atoms in total. The Balaban J connectivity index is 2.54. The number of carbonyl (C=O) groups is 2. The predicted molar refractivity (Wildman–Crippen MR) is 75.3 cm³/mol. The zero-order valence-electron chi connectivity index (χ0n) is 10.6. The van der Waals surface area contributed by atoms with Crippen molar-refractivity contribution in [2.24, 2.45) is 0 Å². The molecule has 106 valence electrons. The molecule has 0 aromatic carbocycles. The maximum Gasteiger partial charge on any atom is 0.328 e. The van der Waals surface area contributed by atoms with Gasteiger partial charge in [-0.25, -0.2) is 9.59 Å². The maximum absolute atomic E-state index is 11.8. The second kappa shape index (κ2) is 7.46. The van der Waals surface area contributed by atoms with Crippen molar-refractivity contribution in [1.29, 1.82) is 0 Å². The Morgan fingerprint density at radius 3 is 2.79 bits per heavy atom. The number of nitrogens with zero attached hydrogens (tertiary/aromatic N) is 1. The van der Waals surface area contributed by atoms with Gasteiger partial charge in [-0.1, -0.05) is 0 Å². The van der Waals surface area contributed by atoms with Gasteiger partial charge in [0.25, 0.3) is 0 Å². The van der Waals surface area contributed by atoms with Crippen molar-refractivity contribution in [2.45, 2.75) is 12.6 Å².